The number of aromatic nitrogens is 3. The predicted octanol–water partition coefficient (Wildman–Crippen LogP) is 3.54. The number of hydrogen-bond acceptors (Lipinski definition) is 5. The van der Waals surface area contributed by atoms with Crippen LogP contribution in [0.25, 0.3) is 16.4 Å². The average Bonchev–Trinajstić information content (AvgIpc) is 3.05. The number of carbonyl (C=O) groups excluding carboxylic acids is 1. The van der Waals surface area contributed by atoms with Crippen molar-refractivity contribution in [1.29, 1.82) is 0 Å². The third kappa shape index (κ3) is 2.92. The lowest BCUT2D eigenvalue weighted by atomic mass is 10.2. The third-order valence-corrected chi connectivity index (χ3v) is 3.89. The summed E-state index contributed by atoms with van der Waals surface area (Å²) in [6, 6.07) is 9.35. The second kappa shape index (κ2) is 5.73. The Balaban J connectivity index is 1.94. The Morgan fingerprint density at radius 3 is 2.77 bits per heavy atom. The van der Waals surface area contributed by atoms with E-state index in [1.165, 1.54) is 18.3 Å². The lowest BCUT2D eigenvalue weighted by Crippen LogP contribution is -2.01. The van der Waals surface area contributed by atoms with E-state index in [4.69, 9.17) is 4.74 Å². The zero-order valence-electron chi connectivity index (χ0n) is 12.5. The number of aryl methyl sites for hydroxylation is 2. The Hall–Kier alpha value is -2.47. The van der Waals surface area contributed by atoms with Crippen molar-refractivity contribution in [3.63, 3.8) is 0 Å². The average molecular weight is 313 g/mol. The Labute approximate surface area is 132 Å². The summed E-state index contributed by atoms with van der Waals surface area (Å²) in [5.74, 6) is 0.185. The molecule has 0 amide bonds. The lowest BCUT2D eigenvalue weighted by molar-refractivity contribution is -0.131. The minimum Gasteiger partial charge on any atom is -0.427 e. The van der Waals surface area contributed by atoms with Crippen LogP contribution < -0.4 is 4.74 Å². The van der Waals surface area contributed by atoms with Crippen LogP contribution in [0, 0.1) is 13.8 Å². The molecule has 3 aromatic rings. The van der Waals surface area contributed by atoms with Crippen molar-refractivity contribution in [2.45, 2.75) is 20.8 Å². The molecule has 6 heteroatoms. The summed E-state index contributed by atoms with van der Waals surface area (Å²) >= 11 is 1.53. The van der Waals surface area contributed by atoms with Gasteiger partial charge >= 0.3 is 5.97 Å². The van der Waals surface area contributed by atoms with Gasteiger partial charge in [0.05, 0.1) is 11.4 Å². The van der Waals surface area contributed by atoms with E-state index in [2.05, 4.69) is 10.1 Å². The molecule has 2 heterocycles. The van der Waals surface area contributed by atoms with Crippen LogP contribution in [0.4, 0.5) is 0 Å². The van der Waals surface area contributed by atoms with Gasteiger partial charge < -0.3 is 4.74 Å². The van der Waals surface area contributed by atoms with Gasteiger partial charge in [0.25, 0.3) is 0 Å². The number of hydrogen-bond donors (Lipinski definition) is 0. The van der Waals surface area contributed by atoms with Crippen LogP contribution in [-0.4, -0.2) is 20.7 Å². The molecule has 0 saturated carbocycles. The van der Waals surface area contributed by atoms with E-state index in [0.29, 0.717) is 5.75 Å². The summed E-state index contributed by atoms with van der Waals surface area (Å²) in [6.45, 7) is 5.35. The van der Waals surface area contributed by atoms with Crippen LogP contribution in [0.5, 0.6) is 5.75 Å². The summed E-state index contributed by atoms with van der Waals surface area (Å²) < 4.78 is 6.94. The van der Waals surface area contributed by atoms with Gasteiger partial charge in [-0.1, -0.05) is 12.1 Å². The standard InChI is InChI=1S/C16H15N3O2S/c1-10-7-11(2)19(18-10)16-17-15(9-22-16)13-5-4-6-14(8-13)21-12(3)20/h4-9H,1-3H3. The molecule has 3 rings (SSSR count). The SMILES string of the molecule is CC(=O)Oc1cccc(-c2csc(-n3nc(C)cc3C)n2)c1. The van der Waals surface area contributed by atoms with E-state index in [9.17, 15) is 4.79 Å². The molecule has 0 fully saturated rings. The van der Waals surface area contributed by atoms with Gasteiger partial charge in [-0.25, -0.2) is 9.67 Å². The zero-order valence-corrected chi connectivity index (χ0v) is 13.3. The molecule has 5 nitrogen and oxygen atoms in total. The first kappa shape index (κ1) is 14.5. The van der Waals surface area contributed by atoms with Crippen LogP contribution >= 0.6 is 11.3 Å². The van der Waals surface area contributed by atoms with E-state index >= 15 is 0 Å². The van der Waals surface area contributed by atoms with Gasteiger partial charge in [0.15, 0.2) is 0 Å². The summed E-state index contributed by atoms with van der Waals surface area (Å²) in [4.78, 5) is 15.7. The van der Waals surface area contributed by atoms with E-state index in [1.807, 2.05) is 42.1 Å². The topological polar surface area (TPSA) is 57.0 Å². The molecule has 0 aliphatic carbocycles. The molecule has 0 bridgehead atoms. The Bertz CT molecular complexity index is 836. The van der Waals surface area contributed by atoms with Crippen molar-refractivity contribution < 1.29 is 9.53 Å². The van der Waals surface area contributed by atoms with Crippen molar-refractivity contribution in [3.05, 3.63) is 47.1 Å². The normalized spacial score (nSPS) is 10.7. The van der Waals surface area contributed by atoms with Crippen molar-refractivity contribution in [2.75, 3.05) is 0 Å². The molecule has 22 heavy (non-hydrogen) atoms. The fourth-order valence-electron chi connectivity index (χ4n) is 2.20. The fourth-order valence-corrected chi connectivity index (χ4v) is 3.04. The van der Waals surface area contributed by atoms with Crippen LogP contribution in [0.15, 0.2) is 35.7 Å². The highest BCUT2D eigenvalue weighted by Gasteiger charge is 2.10. The number of benzene rings is 1. The summed E-state index contributed by atoms with van der Waals surface area (Å²) in [5.41, 5.74) is 3.75. The van der Waals surface area contributed by atoms with Crippen LogP contribution in [-0.2, 0) is 4.79 Å². The van der Waals surface area contributed by atoms with Crippen molar-refractivity contribution in [2.24, 2.45) is 0 Å². The number of nitrogens with zero attached hydrogens (tertiary/aromatic N) is 3. The van der Waals surface area contributed by atoms with Crippen LogP contribution in [0.3, 0.4) is 0 Å². The highest BCUT2D eigenvalue weighted by Crippen LogP contribution is 2.27. The molecule has 0 N–H and O–H groups in total. The third-order valence-electron chi connectivity index (χ3n) is 3.07. The highest BCUT2D eigenvalue weighted by atomic mass is 32.1. The molecule has 0 unspecified atom stereocenters. The van der Waals surface area contributed by atoms with Gasteiger partial charge in [0.1, 0.15) is 5.75 Å². The predicted molar refractivity (Wildman–Crippen MR) is 85.5 cm³/mol. The summed E-state index contributed by atoms with van der Waals surface area (Å²) in [5, 5.41) is 7.23. The first-order chi connectivity index (χ1) is 10.5. The van der Waals surface area contributed by atoms with Gasteiger partial charge in [-0.2, -0.15) is 5.10 Å². The molecule has 2 aromatic heterocycles. The van der Waals surface area contributed by atoms with E-state index in [-0.39, 0.29) is 5.97 Å². The molecule has 0 aliphatic heterocycles. The van der Waals surface area contributed by atoms with Crippen molar-refractivity contribution >= 4 is 17.3 Å². The van der Waals surface area contributed by atoms with E-state index < -0.39 is 0 Å². The largest absolute Gasteiger partial charge is 0.427 e. The molecular formula is C16H15N3O2S. The molecule has 112 valence electrons. The fraction of sp³-hybridized carbons (Fsp3) is 0.188. The van der Waals surface area contributed by atoms with E-state index in [0.717, 1.165) is 27.8 Å². The number of thiazole rings is 1. The Morgan fingerprint density at radius 2 is 2.09 bits per heavy atom. The van der Waals surface area contributed by atoms with Crippen LogP contribution in [0.1, 0.15) is 18.3 Å². The van der Waals surface area contributed by atoms with E-state index in [1.54, 1.807) is 12.1 Å². The summed E-state index contributed by atoms with van der Waals surface area (Å²) in [6.07, 6.45) is 0. The van der Waals surface area contributed by atoms with Crippen molar-refractivity contribution in [3.8, 4) is 22.1 Å². The highest BCUT2D eigenvalue weighted by molar-refractivity contribution is 7.12. The first-order valence-corrected chi connectivity index (χ1v) is 7.69. The lowest BCUT2D eigenvalue weighted by Gasteiger charge is -2.03. The van der Waals surface area contributed by atoms with Gasteiger partial charge in [-0.3, -0.25) is 4.79 Å². The minimum atomic E-state index is -0.334. The van der Waals surface area contributed by atoms with Gasteiger partial charge in [-0.15, -0.1) is 11.3 Å². The molecule has 0 radical (unpaired) electrons. The number of ether oxygens (including phenoxy) is 1. The monoisotopic (exact) mass is 313 g/mol. The zero-order chi connectivity index (χ0) is 15.7. The molecular weight excluding hydrogens is 298 g/mol. The molecule has 0 aliphatic rings. The van der Waals surface area contributed by atoms with Crippen molar-refractivity contribution in [1.82, 2.24) is 14.8 Å². The second-order valence-corrected chi connectivity index (χ2v) is 5.81. The molecule has 0 spiro atoms. The minimum absolute atomic E-state index is 0.334. The van der Waals surface area contributed by atoms with Crippen LogP contribution in [0.2, 0.25) is 0 Å². The van der Waals surface area contributed by atoms with Gasteiger partial charge in [0, 0.05) is 23.6 Å². The molecule has 0 saturated heterocycles. The van der Waals surface area contributed by atoms with Gasteiger partial charge in [-0.05, 0) is 32.0 Å². The first-order valence-electron chi connectivity index (χ1n) is 6.81. The molecule has 1 aromatic carbocycles. The summed E-state index contributed by atoms with van der Waals surface area (Å²) in [7, 11) is 0. The Kier molecular flexibility index (Phi) is 3.77. The number of carbonyl (C=O) groups is 1. The maximum Gasteiger partial charge on any atom is 0.308 e. The van der Waals surface area contributed by atoms with Gasteiger partial charge in [0.2, 0.25) is 5.13 Å². The number of rotatable bonds is 3. The number of esters is 1. The Morgan fingerprint density at radius 1 is 1.27 bits per heavy atom. The quantitative estimate of drug-likeness (QED) is 0.548. The maximum atomic E-state index is 11.0. The molecule has 0 atom stereocenters. The maximum absolute atomic E-state index is 11.0. The second-order valence-electron chi connectivity index (χ2n) is 4.98. The smallest absolute Gasteiger partial charge is 0.308 e.